The van der Waals surface area contributed by atoms with Crippen LogP contribution in [0, 0.1) is 17.8 Å². The Morgan fingerprint density at radius 2 is 1.92 bits per heavy atom. The summed E-state index contributed by atoms with van der Waals surface area (Å²) in [5.74, 6) is 2.60. The van der Waals surface area contributed by atoms with E-state index in [0.29, 0.717) is 0 Å². The van der Waals surface area contributed by atoms with E-state index in [1.54, 1.807) is 0 Å². The lowest BCUT2D eigenvalue weighted by atomic mass is 9.80. The predicted octanol–water partition coefficient (Wildman–Crippen LogP) is 3.06. The van der Waals surface area contributed by atoms with Gasteiger partial charge in [0.2, 0.25) is 0 Å². The zero-order valence-corrected chi connectivity index (χ0v) is 9.64. The van der Waals surface area contributed by atoms with E-state index in [1.807, 2.05) is 0 Å². The highest BCUT2D eigenvalue weighted by Gasteiger charge is 2.24. The summed E-state index contributed by atoms with van der Waals surface area (Å²) in [6, 6.07) is 0.783. The maximum atomic E-state index is 3.70. The van der Waals surface area contributed by atoms with Crippen LogP contribution in [-0.4, -0.2) is 12.6 Å². The molecule has 1 rings (SSSR count). The highest BCUT2D eigenvalue weighted by molar-refractivity contribution is 4.81. The summed E-state index contributed by atoms with van der Waals surface area (Å²) >= 11 is 0. The molecule has 0 bridgehead atoms. The molecule has 1 N–H and O–H groups in total. The predicted molar refractivity (Wildman–Crippen MR) is 58.8 cm³/mol. The van der Waals surface area contributed by atoms with E-state index < -0.39 is 0 Å². The third-order valence-electron chi connectivity index (χ3n) is 3.25. The zero-order chi connectivity index (χ0) is 9.84. The van der Waals surface area contributed by atoms with Gasteiger partial charge in [0.25, 0.3) is 0 Å². The number of hydrogen-bond donors (Lipinski definition) is 1. The largest absolute Gasteiger partial charge is 0.313 e. The van der Waals surface area contributed by atoms with Crippen molar-refractivity contribution in [1.82, 2.24) is 5.32 Å². The van der Waals surface area contributed by atoms with Crippen LogP contribution >= 0.6 is 0 Å². The van der Waals surface area contributed by atoms with Crippen molar-refractivity contribution in [2.24, 2.45) is 17.8 Å². The van der Waals surface area contributed by atoms with Gasteiger partial charge in [-0.3, -0.25) is 0 Å². The van der Waals surface area contributed by atoms with Crippen LogP contribution in [0.15, 0.2) is 0 Å². The van der Waals surface area contributed by atoms with Crippen molar-refractivity contribution >= 4 is 0 Å². The molecule has 1 fully saturated rings. The highest BCUT2D eigenvalue weighted by atomic mass is 14.9. The topological polar surface area (TPSA) is 12.0 Å². The Hall–Kier alpha value is -0.0400. The Morgan fingerprint density at radius 3 is 2.54 bits per heavy atom. The second-order valence-electron chi connectivity index (χ2n) is 5.30. The van der Waals surface area contributed by atoms with Crippen molar-refractivity contribution in [3.05, 3.63) is 0 Å². The van der Waals surface area contributed by atoms with Gasteiger partial charge < -0.3 is 5.32 Å². The first-order chi connectivity index (χ1) is 6.09. The third kappa shape index (κ3) is 3.68. The van der Waals surface area contributed by atoms with Crippen molar-refractivity contribution in [2.75, 3.05) is 6.54 Å². The van der Waals surface area contributed by atoms with Gasteiger partial charge in [-0.2, -0.15) is 0 Å². The molecule has 78 valence electrons. The summed E-state index contributed by atoms with van der Waals surface area (Å²) < 4.78 is 0. The molecule has 1 nitrogen and oxygen atoms in total. The van der Waals surface area contributed by atoms with E-state index in [1.165, 1.54) is 25.8 Å². The number of rotatable bonds is 3. The lowest BCUT2D eigenvalue weighted by Crippen LogP contribution is -2.41. The summed E-state index contributed by atoms with van der Waals surface area (Å²) in [7, 11) is 0. The first-order valence-corrected chi connectivity index (χ1v) is 5.83. The van der Waals surface area contributed by atoms with Gasteiger partial charge in [-0.05, 0) is 37.1 Å². The molecule has 0 aliphatic heterocycles. The smallest absolute Gasteiger partial charge is 0.00953 e. The summed E-state index contributed by atoms with van der Waals surface area (Å²) in [6.45, 7) is 10.5. The molecule has 1 aliphatic rings. The number of nitrogens with one attached hydrogen (secondary N) is 1. The molecule has 1 heteroatoms. The molecule has 3 unspecified atom stereocenters. The van der Waals surface area contributed by atoms with Crippen molar-refractivity contribution in [1.29, 1.82) is 0 Å². The lowest BCUT2D eigenvalue weighted by Gasteiger charge is -2.34. The Balaban J connectivity index is 2.29. The van der Waals surface area contributed by atoms with E-state index >= 15 is 0 Å². The Labute approximate surface area is 83.3 Å². The fourth-order valence-electron chi connectivity index (χ4n) is 2.20. The zero-order valence-electron chi connectivity index (χ0n) is 9.64. The van der Waals surface area contributed by atoms with Crippen molar-refractivity contribution < 1.29 is 0 Å². The van der Waals surface area contributed by atoms with Crippen molar-refractivity contribution in [3.8, 4) is 0 Å². The molecule has 0 saturated heterocycles. The summed E-state index contributed by atoms with van der Waals surface area (Å²) in [4.78, 5) is 0. The van der Waals surface area contributed by atoms with E-state index in [0.717, 1.165) is 23.8 Å². The second-order valence-corrected chi connectivity index (χ2v) is 5.30. The lowest BCUT2D eigenvalue weighted by molar-refractivity contribution is 0.224. The van der Waals surface area contributed by atoms with Crippen LogP contribution < -0.4 is 5.32 Å². The Kier molecular flexibility index (Phi) is 4.24. The van der Waals surface area contributed by atoms with Gasteiger partial charge in [0.1, 0.15) is 0 Å². The summed E-state index contributed by atoms with van der Waals surface area (Å²) in [6.07, 6.45) is 4.23. The van der Waals surface area contributed by atoms with E-state index in [-0.39, 0.29) is 0 Å². The minimum absolute atomic E-state index is 0.782. The number of hydrogen-bond acceptors (Lipinski definition) is 1. The molecule has 0 aromatic heterocycles. The van der Waals surface area contributed by atoms with Crippen molar-refractivity contribution in [3.63, 3.8) is 0 Å². The van der Waals surface area contributed by atoms with Gasteiger partial charge in [0.15, 0.2) is 0 Å². The molecule has 0 amide bonds. The molecule has 0 spiro atoms. The molecule has 3 atom stereocenters. The van der Waals surface area contributed by atoms with Gasteiger partial charge in [0, 0.05) is 6.04 Å². The molecular weight excluding hydrogens is 158 g/mol. The SMILES string of the molecule is CC(C)CNC1CC(C)CCC1C. The average molecular weight is 183 g/mol. The third-order valence-corrected chi connectivity index (χ3v) is 3.25. The summed E-state index contributed by atoms with van der Waals surface area (Å²) in [5, 5.41) is 3.70. The average Bonchev–Trinajstić information content (AvgIpc) is 2.06. The molecule has 0 heterocycles. The first-order valence-electron chi connectivity index (χ1n) is 5.83. The first kappa shape index (κ1) is 11.0. The monoisotopic (exact) mass is 183 g/mol. The maximum Gasteiger partial charge on any atom is 0.00953 e. The van der Waals surface area contributed by atoms with Crippen LogP contribution in [0.1, 0.15) is 47.0 Å². The molecule has 13 heavy (non-hydrogen) atoms. The maximum absolute atomic E-state index is 3.70. The molecular formula is C12H25N. The fraction of sp³-hybridized carbons (Fsp3) is 1.00. The fourth-order valence-corrected chi connectivity index (χ4v) is 2.20. The van der Waals surface area contributed by atoms with E-state index in [2.05, 4.69) is 33.0 Å². The second kappa shape index (κ2) is 4.99. The van der Waals surface area contributed by atoms with Crippen molar-refractivity contribution in [2.45, 2.75) is 53.0 Å². The molecule has 0 radical (unpaired) electrons. The van der Waals surface area contributed by atoms with Crippen LogP contribution in [0.3, 0.4) is 0 Å². The Morgan fingerprint density at radius 1 is 1.23 bits per heavy atom. The Bertz CT molecular complexity index is 142. The van der Waals surface area contributed by atoms with Crippen LogP contribution in [0.5, 0.6) is 0 Å². The molecule has 1 saturated carbocycles. The van der Waals surface area contributed by atoms with Gasteiger partial charge in [-0.25, -0.2) is 0 Å². The minimum Gasteiger partial charge on any atom is -0.313 e. The van der Waals surface area contributed by atoms with Crippen LogP contribution in [0.25, 0.3) is 0 Å². The summed E-state index contributed by atoms with van der Waals surface area (Å²) in [5.41, 5.74) is 0. The highest BCUT2D eigenvalue weighted by Crippen LogP contribution is 2.28. The molecule has 1 aliphatic carbocycles. The normalized spacial score (nSPS) is 35.3. The van der Waals surface area contributed by atoms with Gasteiger partial charge in [0.05, 0.1) is 0 Å². The van der Waals surface area contributed by atoms with Gasteiger partial charge >= 0.3 is 0 Å². The van der Waals surface area contributed by atoms with Gasteiger partial charge in [-0.1, -0.05) is 34.1 Å². The quantitative estimate of drug-likeness (QED) is 0.709. The molecule has 0 aromatic rings. The molecule has 0 aromatic carbocycles. The van der Waals surface area contributed by atoms with Crippen LogP contribution in [0.2, 0.25) is 0 Å². The minimum atomic E-state index is 0.782. The van der Waals surface area contributed by atoms with Crippen LogP contribution in [0.4, 0.5) is 0 Å². The van der Waals surface area contributed by atoms with E-state index in [9.17, 15) is 0 Å². The van der Waals surface area contributed by atoms with E-state index in [4.69, 9.17) is 0 Å². The standard InChI is InChI=1S/C12H25N/c1-9(2)8-13-12-7-10(3)5-6-11(12)4/h9-13H,5-8H2,1-4H3. The van der Waals surface area contributed by atoms with Gasteiger partial charge in [-0.15, -0.1) is 0 Å². The van der Waals surface area contributed by atoms with Crippen LogP contribution in [-0.2, 0) is 0 Å².